The number of hydrogen-bond donors (Lipinski definition) is 1. The summed E-state index contributed by atoms with van der Waals surface area (Å²) in [7, 11) is 0. The van der Waals surface area contributed by atoms with Gasteiger partial charge in [-0.15, -0.1) is 0 Å². The average Bonchev–Trinajstić information content (AvgIpc) is 1.99. The molecule has 13 heavy (non-hydrogen) atoms. The predicted octanol–water partition coefficient (Wildman–Crippen LogP) is 1.13. The first-order chi connectivity index (χ1) is 6.00. The van der Waals surface area contributed by atoms with E-state index in [2.05, 4.69) is 4.98 Å². The largest absolute Gasteiger partial charge is 0.481 e. The van der Waals surface area contributed by atoms with Gasteiger partial charge in [0.1, 0.15) is 5.82 Å². The molecule has 0 amide bonds. The van der Waals surface area contributed by atoms with Crippen molar-refractivity contribution in [1.82, 2.24) is 4.98 Å². The van der Waals surface area contributed by atoms with Crippen LogP contribution in [0, 0.1) is 17.6 Å². The van der Waals surface area contributed by atoms with Crippen molar-refractivity contribution < 1.29 is 23.1 Å². The highest BCUT2D eigenvalue weighted by atomic mass is 19.2. The number of rotatable bonds is 2. The van der Waals surface area contributed by atoms with Crippen molar-refractivity contribution in [3.8, 4) is 0 Å². The Morgan fingerprint density at radius 2 is 2.00 bits per heavy atom. The summed E-state index contributed by atoms with van der Waals surface area (Å²) in [5, 5.41) is 8.23. The lowest BCUT2D eigenvalue weighted by molar-refractivity contribution is -0.136. The van der Waals surface area contributed by atoms with Crippen LogP contribution in [0.5, 0.6) is 0 Å². The Labute approximate surface area is 70.8 Å². The van der Waals surface area contributed by atoms with Crippen LogP contribution in [0.3, 0.4) is 0 Å². The number of nitrogens with zero attached hydrogens (tertiary/aromatic N) is 1. The van der Waals surface area contributed by atoms with Gasteiger partial charge in [-0.3, -0.25) is 4.79 Å². The van der Waals surface area contributed by atoms with Crippen LogP contribution in [0.1, 0.15) is 5.69 Å². The number of carbonyl (C=O) groups is 1. The fraction of sp³-hybridized carbons (Fsp3) is 0.143. The van der Waals surface area contributed by atoms with E-state index >= 15 is 0 Å². The number of hydrogen-bond acceptors (Lipinski definition) is 2. The van der Waals surface area contributed by atoms with Crippen LogP contribution in [0.25, 0.3) is 0 Å². The van der Waals surface area contributed by atoms with E-state index in [4.69, 9.17) is 5.11 Å². The SMILES string of the molecule is O=C(O)Cc1nc(F)c(F)cc1F. The molecule has 1 heterocycles. The van der Waals surface area contributed by atoms with Gasteiger partial charge >= 0.3 is 5.97 Å². The number of pyridine rings is 1. The van der Waals surface area contributed by atoms with Gasteiger partial charge in [-0.2, -0.15) is 4.39 Å². The van der Waals surface area contributed by atoms with Crippen LogP contribution in [0.15, 0.2) is 6.07 Å². The summed E-state index contributed by atoms with van der Waals surface area (Å²) in [6.45, 7) is 0. The number of aliphatic carboxylic acids is 1. The van der Waals surface area contributed by atoms with Gasteiger partial charge < -0.3 is 5.11 Å². The first kappa shape index (κ1) is 9.50. The summed E-state index contributed by atoms with van der Waals surface area (Å²) in [4.78, 5) is 12.9. The molecule has 0 radical (unpaired) electrons. The smallest absolute Gasteiger partial charge is 0.309 e. The lowest BCUT2D eigenvalue weighted by Crippen LogP contribution is -2.07. The maximum Gasteiger partial charge on any atom is 0.309 e. The van der Waals surface area contributed by atoms with Gasteiger partial charge in [-0.05, 0) is 0 Å². The Kier molecular flexibility index (Phi) is 2.50. The summed E-state index contributed by atoms with van der Waals surface area (Å²) in [5.74, 6) is -5.47. The van der Waals surface area contributed by atoms with E-state index < -0.39 is 35.7 Å². The molecule has 3 nitrogen and oxygen atoms in total. The number of aromatic nitrogens is 1. The molecular formula is C7H4F3NO2. The van der Waals surface area contributed by atoms with Crippen molar-refractivity contribution >= 4 is 5.97 Å². The molecular weight excluding hydrogens is 187 g/mol. The molecule has 0 saturated carbocycles. The third kappa shape index (κ3) is 2.17. The minimum atomic E-state index is -1.50. The molecule has 0 aliphatic heterocycles. The molecule has 6 heteroatoms. The topological polar surface area (TPSA) is 50.2 Å². The first-order valence-electron chi connectivity index (χ1n) is 3.23. The van der Waals surface area contributed by atoms with Crippen LogP contribution in [0.2, 0.25) is 0 Å². The zero-order chi connectivity index (χ0) is 10.0. The Bertz CT molecular complexity index is 354. The van der Waals surface area contributed by atoms with Gasteiger partial charge in [0.25, 0.3) is 0 Å². The fourth-order valence-corrected chi connectivity index (χ4v) is 0.747. The van der Waals surface area contributed by atoms with Crippen LogP contribution >= 0.6 is 0 Å². The summed E-state index contributed by atoms with van der Waals surface area (Å²) >= 11 is 0. The Morgan fingerprint density at radius 1 is 1.38 bits per heavy atom. The molecule has 0 spiro atoms. The molecule has 0 aliphatic rings. The van der Waals surface area contributed by atoms with E-state index in [1.807, 2.05) is 0 Å². The average molecular weight is 191 g/mol. The van der Waals surface area contributed by atoms with Gasteiger partial charge in [-0.25, -0.2) is 13.8 Å². The maximum atomic E-state index is 12.7. The molecule has 0 atom stereocenters. The molecule has 0 saturated heterocycles. The molecule has 0 unspecified atom stereocenters. The lowest BCUT2D eigenvalue weighted by atomic mass is 10.2. The normalized spacial score (nSPS) is 10.1. The van der Waals surface area contributed by atoms with Gasteiger partial charge in [0.05, 0.1) is 12.1 Å². The summed E-state index contributed by atoms with van der Waals surface area (Å²) in [6.07, 6.45) is -0.775. The Morgan fingerprint density at radius 3 is 2.54 bits per heavy atom. The number of carboxylic acid groups (broad SMARTS) is 1. The third-order valence-electron chi connectivity index (χ3n) is 1.28. The third-order valence-corrected chi connectivity index (χ3v) is 1.28. The van der Waals surface area contributed by atoms with Crippen molar-refractivity contribution in [3.63, 3.8) is 0 Å². The molecule has 0 bridgehead atoms. The van der Waals surface area contributed by atoms with E-state index in [1.54, 1.807) is 0 Å². The van der Waals surface area contributed by atoms with E-state index in [0.717, 1.165) is 0 Å². The van der Waals surface area contributed by atoms with E-state index in [1.165, 1.54) is 0 Å². The summed E-state index contributed by atoms with van der Waals surface area (Å²) < 4.78 is 37.3. The molecule has 1 aromatic heterocycles. The fourth-order valence-electron chi connectivity index (χ4n) is 0.747. The van der Waals surface area contributed by atoms with Crippen LogP contribution in [-0.4, -0.2) is 16.1 Å². The Hall–Kier alpha value is -1.59. The highest BCUT2D eigenvalue weighted by Crippen LogP contribution is 2.09. The van der Waals surface area contributed by atoms with Crippen molar-refractivity contribution in [2.45, 2.75) is 6.42 Å². The highest BCUT2D eigenvalue weighted by molar-refractivity contribution is 5.69. The zero-order valence-electron chi connectivity index (χ0n) is 6.22. The van der Waals surface area contributed by atoms with Crippen molar-refractivity contribution in [2.24, 2.45) is 0 Å². The zero-order valence-corrected chi connectivity index (χ0v) is 6.22. The van der Waals surface area contributed by atoms with Crippen molar-refractivity contribution in [1.29, 1.82) is 0 Å². The van der Waals surface area contributed by atoms with Crippen molar-refractivity contribution in [3.05, 3.63) is 29.3 Å². The van der Waals surface area contributed by atoms with Crippen LogP contribution in [-0.2, 0) is 11.2 Å². The van der Waals surface area contributed by atoms with Gasteiger partial charge in [0, 0.05) is 6.07 Å². The van der Waals surface area contributed by atoms with E-state index in [-0.39, 0.29) is 6.07 Å². The first-order valence-corrected chi connectivity index (χ1v) is 3.23. The molecule has 0 fully saturated rings. The Balaban J connectivity index is 3.08. The van der Waals surface area contributed by atoms with Gasteiger partial charge in [-0.1, -0.05) is 0 Å². The molecule has 0 aliphatic carbocycles. The molecule has 70 valence electrons. The minimum Gasteiger partial charge on any atom is -0.481 e. The van der Waals surface area contributed by atoms with Gasteiger partial charge in [0.2, 0.25) is 5.95 Å². The quantitative estimate of drug-likeness (QED) is 0.712. The summed E-state index contributed by atoms with van der Waals surface area (Å²) in [5.41, 5.74) is -0.619. The van der Waals surface area contributed by atoms with E-state index in [9.17, 15) is 18.0 Å². The van der Waals surface area contributed by atoms with Crippen molar-refractivity contribution in [2.75, 3.05) is 0 Å². The number of halogens is 3. The summed E-state index contributed by atoms with van der Waals surface area (Å²) in [6, 6.07) is 0.264. The number of carboxylic acids is 1. The van der Waals surface area contributed by atoms with Crippen LogP contribution in [0.4, 0.5) is 13.2 Å². The lowest BCUT2D eigenvalue weighted by Gasteiger charge is -1.99. The molecule has 1 aromatic rings. The molecule has 0 aromatic carbocycles. The monoisotopic (exact) mass is 191 g/mol. The second-order valence-corrected chi connectivity index (χ2v) is 2.26. The van der Waals surface area contributed by atoms with Gasteiger partial charge in [0.15, 0.2) is 5.82 Å². The predicted molar refractivity (Wildman–Crippen MR) is 35.5 cm³/mol. The molecule has 1 N–H and O–H groups in total. The highest BCUT2D eigenvalue weighted by Gasteiger charge is 2.13. The van der Waals surface area contributed by atoms with Crippen LogP contribution < -0.4 is 0 Å². The second-order valence-electron chi connectivity index (χ2n) is 2.26. The molecule has 1 rings (SSSR count). The standard InChI is InChI=1S/C7H4F3NO2/c8-3-1-4(9)7(10)11-5(3)2-6(12)13/h1H,2H2,(H,12,13). The maximum absolute atomic E-state index is 12.7. The second kappa shape index (κ2) is 3.42. The van der Waals surface area contributed by atoms with E-state index in [0.29, 0.717) is 0 Å². The minimum absolute atomic E-state index is 0.264.